The molecular formula is C20H19F4N5. The molecule has 0 unspecified atom stereocenters. The normalized spacial score (nSPS) is 24.2. The van der Waals surface area contributed by atoms with Crippen LogP contribution in [-0.2, 0) is 6.18 Å². The van der Waals surface area contributed by atoms with Crippen molar-refractivity contribution < 1.29 is 17.6 Å². The van der Waals surface area contributed by atoms with Crippen LogP contribution in [0.2, 0.25) is 0 Å². The number of benzene rings is 1. The molecule has 3 heterocycles. The number of hydrogen-bond acceptors (Lipinski definition) is 4. The van der Waals surface area contributed by atoms with Gasteiger partial charge in [0, 0.05) is 17.8 Å². The molecule has 1 saturated carbocycles. The van der Waals surface area contributed by atoms with Crippen LogP contribution in [0, 0.1) is 17.7 Å². The molecule has 3 atom stereocenters. The van der Waals surface area contributed by atoms with Crippen molar-refractivity contribution in [3.05, 3.63) is 47.9 Å². The third-order valence-electron chi connectivity index (χ3n) is 5.98. The van der Waals surface area contributed by atoms with Crippen molar-refractivity contribution in [2.24, 2.45) is 11.8 Å². The molecule has 1 aliphatic carbocycles. The molecule has 152 valence electrons. The Kier molecular flexibility index (Phi) is 4.23. The second-order valence-electron chi connectivity index (χ2n) is 7.74. The lowest BCUT2D eigenvalue weighted by Crippen LogP contribution is -2.45. The molecule has 3 aromatic rings. The first-order chi connectivity index (χ1) is 13.9. The molecule has 2 aromatic heterocycles. The van der Waals surface area contributed by atoms with E-state index >= 15 is 0 Å². The van der Waals surface area contributed by atoms with Gasteiger partial charge in [0.2, 0.25) is 5.95 Å². The standard InChI is InChI=1S/C20H19F4N5/c21-16-6-5-11(8-15(16)20(22,23)24)14-2-1-7-29-18(14)27-19(28-29)26-17-12-3-4-13(17)10-25-9-12/h1-2,5-8,12-13,17,25H,3-4,9-10H2,(H,26,28)/t12-,13+,17-. The number of pyridine rings is 1. The fourth-order valence-corrected chi connectivity index (χ4v) is 4.57. The third kappa shape index (κ3) is 3.23. The first kappa shape index (κ1) is 18.4. The summed E-state index contributed by atoms with van der Waals surface area (Å²) in [7, 11) is 0. The van der Waals surface area contributed by atoms with Crippen molar-refractivity contribution in [2.45, 2.75) is 25.1 Å². The van der Waals surface area contributed by atoms with Crippen molar-refractivity contribution in [1.29, 1.82) is 0 Å². The quantitative estimate of drug-likeness (QED) is 0.648. The van der Waals surface area contributed by atoms with Crippen molar-refractivity contribution >= 4 is 11.6 Å². The lowest BCUT2D eigenvalue weighted by atomic mass is 9.94. The topological polar surface area (TPSA) is 54.2 Å². The highest BCUT2D eigenvalue weighted by molar-refractivity contribution is 5.78. The van der Waals surface area contributed by atoms with E-state index in [0.29, 0.717) is 35.0 Å². The Bertz CT molecular complexity index is 1040. The largest absolute Gasteiger partial charge is 0.419 e. The number of halogens is 4. The molecule has 2 bridgehead atoms. The average molecular weight is 405 g/mol. The molecule has 0 amide bonds. The van der Waals surface area contributed by atoms with E-state index in [0.717, 1.165) is 38.1 Å². The van der Waals surface area contributed by atoms with Crippen molar-refractivity contribution in [1.82, 2.24) is 19.9 Å². The number of alkyl halides is 3. The number of aromatic nitrogens is 3. The zero-order chi connectivity index (χ0) is 20.2. The lowest BCUT2D eigenvalue weighted by molar-refractivity contribution is -0.139. The van der Waals surface area contributed by atoms with Crippen molar-refractivity contribution in [3.8, 4) is 11.1 Å². The van der Waals surface area contributed by atoms with E-state index in [4.69, 9.17) is 0 Å². The second-order valence-corrected chi connectivity index (χ2v) is 7.74. The molecule has 0 radical (unpaired) electrons. The summed E-state index contributed by atoms with van der Waals surface area (Å²) in [6.45, 7) is 1.92. The Hall–Kier alpha value is -2.68. The smallest absolute Gasteiger partial charge is 0.350 e. The molecule has 2 fully saturated rings. The van der Waals surface area contributed by atoms with Gasteiger partial charge >= 0.3 is 6.18 Å². The van der Waals surface area contributed by atoms with Crippen LogP contribution >= 0.6 is 0 Å². The Morgan fingerprint density at radius 1 is 1.10 bits per heavy atom. The minimum Gasteiger partial charge on any atom is -0.350 e. The van der Waals surface area contributed by atoms with Crippen LogP contribution in [0.3, 0.4) is 0 Å². The molecule has 2 aliphatic rings. The predicted octanol–water partition coefficient (Wildman–Crippen LogP) is 3.96. The summed E-state index contributed by atoms with van der Waals surface area (Å²) in [6.07, 6.45) is -0.754. The molecule has 2 N–H and O–H groups in total. The fourth-order valence-electron chi connectivity index (χ4n) is 4.57. The summed E-state index contributed by atoms with van der Waals surface area (Å²) >= 11 is 0. The van der Waals surface area contributed by atoms with Gasteiger partial charge in [-0.1, -0.05) is 6.07 Å². The number of fused-ring (bicyclic) bond motifs is 3. The molecule has 29 heavy (non-hydrogen) atoms. The van der Waals surface area contributed by atoms with Crippen LogP contribution in [0.25, 0.3) is 16.8 Å². The maximum atomic E-state index is 13.7. The number of rotatable bonds is 3. The molecule has 5 nitrogen and oxygen atoms in total. The van der Waals surface area contributed by atoms with E-state index < -0.39 is 17.6 Å². The molecule has 1 aromatic carbocycles. The molecule has 1 saturated heterocycles. The summed E-state index contributed by atoms with van der Waals surface area (Å²) in [5.74, 6) is 0.204. The maximum absolute atomic E-state index is 13.7. The van der Waals surface area contributed by atoms with Gasteiger partial charge in [0.15, 0.2) is 5.65 Å². The van der Waals surface area contributed by atoms with Crippen LogP contribution < -0.4 is 10.6 Å². The van der Waals surface area contributed by atoms with Gasteiger partial charge in [0.1, 0.15) is 5.82 Å². The number of nitrogens with zero attached hydrogens (tertiary/aromatic N) is 3. The van der Waals surface area contributed by atoms with Gasteiger partial charge in [0.05, 0.1) is 5.56 Å². The number of nitrogens with one attached hydrogen (secondary N) is 2. The third-order valence-corrected chi connectivity index (χ3v) is 5.98. The lowest BCUT2D eigenvalue weighted by Gasteiger charge is -2.30. The van der Waals surface area contributed by atoms with Gasteiger partial charge in [-0.05, 0) is 67.6 Å². The Morgan fingerprint density at radius 2 is 1.86 bits per heavy atom. The van der Waals surface area contributed by atoms with E-state index in [1.165, 1.54) is 10.6 Å². The number of anilines is 1. The van der Waals surface area contributed by atoms with Gasteiger partial charge in [-0.15, -0.1) is 5.10 Å². The second kappa shape index (κ2) is 6.69. The van der Waals surface area contributed by atoms with Gasteiger partial charge in [0.25, 0.3) is 0 Å². The monoisotopic (exact) mass is 405 g/mol. The van der Waals surface area contributed by atoms with Crippen LogP contribution in [0.1, 0.15) is 18.4 Å². The highest BCUT2D eigenvalue weighted by Crippen LogP contribution is 2.37. The molecule has 0 spiro atoms. The minimum absolute atomic E-state index is 0.241. The van der Waals surface area contributed by atoms with E-state index in [2.05, 4.69) is 20.7 Å². The highest BCUT2D eigenvalue weighted by Gasteiger charge is 2.39. The fraction of sp³-hybridized carbons (Fsp3) is 0.400. The van der Waals surface area contributed by atoms with Crippen LogP contribution in [0.5, 0.6) is 0 Å². The predicted molar refractivity (Wildman–Crippen MR) is 99.9 cm³/mol. The molecular weight excluding hydrogens is 386 g/mol. The van der Waals surface area contributed by atoms with Crippen LogP contribution in [0.15, 0.2) is 36.5 Å². The minimum atomic E-state index is -4.76. The van der Waals surface area contributed by atoms with Gasteiger partial charge in [-0.25, -0.2) is 8.91 Å². The molecule has 9 heteroatoms. The van der Waals surface area contributed by atoms with Crippen molar-refractivity contribution in [3.63, 3.8) is 0 Å². The maximum Gasteiger partial charge on any atom is 0.419 e. The highest BCUT2D eigenvalue weighted by atomic mass is 19.4. The van der Waals surface area contributed by atoms with Gasteiger partial charge in [-0.2, -0.15) is 18.2 Å². The van der Waals surface area contributed by atoms with E-state index in [-0.39, 0.29) is 5.56 Å². The van der Waals surface area contributed by atoms with E-state index in [1.807, 2.05) is 0 Å². The Labute approximate surface area is 164 Å². The number of piperidine rings is 1. The Morgan fingerprint density at radius 3 is 2.59 bits per heavy atom. The number of hydrogen-bond donors (Lipinski definition) is 2. The van der Waals surface area contributed by atoms with E-state index in [1.54, 1.807) is 18.3 Å². The summed E-state index contributed by atoms with van der Waals surface area (Å²) < 4.78 is 54.6. The average Bonchev–Trinajstić information content (AvgIpc) is 3.17. The SMILES string of the molecule is Fc1ccc(-c2cccn3nc(N[C@@H]4[C@@H]5CC[C@H]4CNC5)nc23)cc1C(F)(F)F. The first-order valence-electron chi connectivity index (χ1n) is 9.60. The van der Waals surface area contributed by atoms with Crippen LogP contribution in [-0.4, -0.2) is 33.7 Å². The zero-order valence-electron chi connectivity index (χ0n) is 15.4. The first-order valence-corrected chi connectivity index (χ1v) is 9.60. The zero-order valence-corrected chi connectivity index (χ0v) is 15.4. The van der Waals surface area contributed by atoms with Crippen LogP contribution in [0.4, 0.5) is 23.5 Å². The van der Waals surface area contributed by atoms with Gasteiger partial charge in [-0.3, -0.25) is 0 Å². The summed E-state index contributed by atoms with van der Waals surface area (Å²) in [5, 5.41) is 11.3. The summed E-state index contributed by atoms with van der Waals surface area (Å²) in [6, 6.07) is 6.62. The summed E-state index contributed by atoms with van der Waals surface area (Å²) in [4.78, 5) is 4.54. The van der Waals surface area contributed by atoms with E-state index in [9.17, 15) is 17.6 Å². The van der Waals surface area contributed by atoms with Gasteiger partial charge < -0.3 is 10.6 Å². The van der Waals surface area contributed by atoms with Crippen molar-refractivity contribution in [2.75, 3.05) is 18.4 Å². The molecule has 5 rings (SSSR count). The molecule has 1 aliphatic heterocycles. The Balaban J connectivity index is 1.52. The summed E-state index contributed by atoms with van der Waals surface area (Å²) in [5.41, 5.74) is -0.158.